The van der Waals surface area contributed by atoms with Crippen LogP contribution in [0, 0.1) is 0 Å². The molecule has 18 heavy (non-hydrogen) atoms. The molecule has 0 aliphatic carbocycles. The van der Waals surface area contributed by atoms with Crippen LogP contribution < -0.4 is 5.69 Å². The highest BCUT2D eigenvalue weighted by Gasteiger charge is 2.45. The molecule has 1 aromatic rings. The molecule has 1 aromatic heterocycles. The number of alkyl halides is 1. The zero-order chi connectivity index (χ0) is 13.3. The lowest BCUT2D eigenvalue weighted by atomic mass is 10.1. The molecule has 1 aliphatic heterocycles. The summed E-state index contributed by atoms with van der Waals surface area (Å²) < 4.78 is 19.9. The van der Waals surface area contributed by atoms with Crippen molar-refractivity contribution in [2.45, 2.75) is 29.6 Å². The van der Waals surface area contributed by atoms with Crippen LogP contribution in [0.4, 0.5) is 4.39 Å². The number of hydrogen-bond acceptors (Lipinski definition) is 6. The van der Waals surface area contributed by atoms with Gasteiger partial charge in [-0.15, -0.1) is 11.8 Å². The smallest absolute Gasteiger partial charge is 0.350 e. The van der Waals surface area contributed by atoms with E-state index in [0.717, 1.165) is 4.57 Å². The highest BCUT2D eigenvalue weighted by Crippen LogP contribution is 2.30. The van der Waals surface area contributed by atoms with Crippen LogP contribution in [0.2, 0.25) is 0 Å². The van der Waals surface area contributed by atoms with E-state index in [1.165, 1.54) is 18.0 Å². The molecule has 0 saturated carbocycles. The molecule has 0 amide bonds. The van der Waals surface area contributed by atoms with E-state index in [9.17, 15) is 14.3 Å². The van der Waals surface area contributed by atoms with Crippen LogP contribution in [0.1, 0.15) is 6.23 Å². The Morgan fingerprint density at radius 1 is 1.67 bits per heavy atom. The topological polar surface area (TPSA) is 84.6 Å². The SMILES string of the molecule is CSc1ccn(C2OC(CO)C(O)C2F)c(=O)n1. The van der Waals surface area contributed by atoms with Gasteiger partial charge in [0.05, 0.1) is 6.61 Å². The molecular formula is C10H13FN2O4S. The van der Waals surface area contributed by atoms with Crippen LogP contribution in [-0.2, 0) is 4.74 Å². The summed E-state index contributed by atoms with van der Waals surface area (Å²) >= 11 is 1.29. The highest BCUT2D eigenvalue weighted by atomic mass is 32.2. The maximum Gasteiger partial charge on any atom is 0.350 e. The van der Waals surface area contributed by atoms with Crippen LogP contribution in [-0.4, -0.2) is 51.0 Å². The number of ether oxygens (including phenoxy) is 1. The summed E-state index contributed by atoms with van der Waals surface area (Å²) in [5, 5.41) is 18.9. The van der Waals surface area contributed by atoms with E-state index >= 15 is 0 Å². The van der Waals surface area contributed by atoms with Gasteiger partial charge in [-0.3, -0.25) is 4.57 Å². The van der Waals surface area contributed by atoms with Crippen molar-refractivity contribution in [1.29, 1.82) is 0 Å². The van der Waals surface area contributed by atoms with Crippen molar-refractivity contribution >= 4 is 11.8 Å². The van der Waals surface area contributed by atoms with E-state index in [4.69, 9.17) is 9.84 Å². The lowest BCUT2D eigenvalue weighted by Gasteiger charge is -2.15. The largest absolute Gasteiger partial charge is 0.394 e. The van der Waals surface area contributed by atoms with Crippen molar-refractivity contribution in [2.24, 2.45) is 0 Å². The first-order valence-electron chi connectivity index (χ1n) is 5.30. The van der Waals surface area contributed by atoms with Gasteiger partial charge in [0.1, 0.15) is 17.2 Å². The molecule has 8 heteroatoms. The van der Waals surface area contributed by atoms with E-state index in [0.29, 0.717) is 5.03 Å². The number of nitrogens with zero attached hydrogens (tertiary/aromatic N) is 2. The average Bonchev–Trinajstić information content (AvgIpc) is 2.66. The molecule has 0 bridgehead atoms. The van der Waals surface area contributed by atoms with Crippen LogP contribution >= 0.6 is 11.8 Å². The van der Waals surface area contributed by atoms with E-state index < -0.39 is 36.9 Å². The Balaban J connectivity index is 2.30. The van der Waals surface area contributed by atoms with E-state index in [-0.39, 0.29) is 0 Å². The zero-order valence-electron chi connectivity index (χ0n) is 9.56. The molecule has 0 spiro atoms. The van der Waals surface area contributed by atoms with Gasteiger partial charge in [-0.2, -0.15) is 4.98 Å². The minimum Gasteiger partial charge on any atom is -0.394 e. The third kappa shape index (κ3) is 2.28. The third-order valence-electron chi connectivity index (χ3n) is 2.76. The molecule has 0 radical (unpaired) electrons. The summed E-state index contributed by atoms with van der Waals surface area (Å²) in [5.41, 5.74) is -0.653. The first-order valence-corrected chi connectivity index (χ1v) is 6.52. The second-order valence-electron chi connectivity index (χ2n) is 3.84. The molecule has 4 unspecified atom stereocenters. The number of halogens is 1. The molecule has 100 valence electrons. The number of aliphatic hydroxyl groups is 2. The number of aliphatic hydroxyl groups excluding tert-OH is 2. The quantitative estimate of drug-likeness (QED) is 0.575. The number of hydrogen-bond donors (Lipinski definition) is 2. The molecule has 1 saturated heterocycles. The number of rotatable bonds is 3. The van der Waals surface area contributed by atoms with Crippen molar-refractivity contribution in [3.63, 3.8) is 0 Å². The third-order valence-corrected chi connectivity index (χ3v) is 3.41. The monoisotopic (exact) mass is 276 g/mol. The summed E-state index contributed by atoms with van der Waals surface area (Å²) in [7, 11) is 0. The lowest BCUT2D eigenvalue weighted by molar-refractivity contribution is -0.0492. The van der Waals surface area contributed by atoms with Gasteiger partial charge in [0.25, 0.3) is 0 Å². The van der Waals surface area contributed by atoms with Crippen molar-refractivity contribution in [3.8, 4) is 0 Å². The normalized spacial score (nSPS) is 31.8. The summed E-state index contributed by atoms with van der Waals surface area (Å²) in [6, 6.07) is 1.56. The molecule has 2 heterocycles. The van der Waals surface area contributed by atoms with Gasteiger partial charge in [0.15, 0.2) is 12.4 Å². The maximum absolute atomic E-state index is 13.8. The fraction of sp³-hybridized carbons (Fsp3) is 0.600. The fourth-order valence-electron chi connectivity index (χ4n) is 1.78. The predicted octanol–water partition coefficient (Wildman–Crippen LogP) is -0.446. The van der Waals surface area contributed by atoms with Crippen molar-refractivity contribution < 1.29 is 19.3 Å². The molecular weight excluding hydrogens is 263 g/mol. The summed E-state index contributed by atoms with van der Waals surface area (Å²) in [6.07, 6.45) is -2.38. The summed E-state index contributed by atoms with van der Waals surface area (Å²) in [6.45, 7) is -0.511. The first kappa shape index (κ1) is 13.5. The van der Waals surface area contributed by atoms with Gasteiger partial charge in [0, 0.05) is 6.20 Å². The van der Waals surface area contributed by atoms with Crippen molar-refractivity contribution in [1.82, 2.24) is 9.55 Å². The Morgan fingerprint density at radius 3 is 2.89 bits per heavy atom. The standard InChI is InChI=1S/C10H13FN2O4S/c1-18-6-2-3-13(10(16)12-6)9-7(11)8(15)5(4-14)17-9/h2-3,5,7-9,14-15H,4H2,1H3. The Hall–Kier alpha value is -0.960. The van der Waals surface area contributed by atoms with E-state index in [1.807, 2.05) is 0 Å². The van der Waals surface area contributed by atoms with Gasteiger partial charge in [0.2, 0.25) is 0 Å². The van der Waals surface area contributed by atoms with Gasteiger partial charge in [-0.05, 0) is 12.3 Å². The van der Waals surface area contributed by atoms with Crippen LogP contribution in [0.15, 0.2) is 22.1 Å². The first-order chi connectivity index (χ1) is 8.58. The molecule has 1 aliphatic rings. The number of aromatic nitrogens is 2. The second-order valence-corrected chi connectivity index (χ2v) is 4.67. The van der Waals surface area contributed by atoms with Crippen LogP contribution in [0.25, 0.3) is 0 Å². The Kier molecular flexibility index (Phi) is 4.00. The van der Waals surface area contributed by atoms with Crippen molar-refractivity contribution in [3.05, 3.63) is 22.7 Å². The fourth-order valence-corrected chi connectivity index (χ4v) is 2.15. The molecule has 2 N–H and O–H groups in total. The highest BCUT2D eigenvalue weighted by molar-refractivity contribution is 7.98. The molecule has 2 rings (SSSR count). The van der Waals surface area contributed by atoms with E-state index in [1.54, 1.807) is 12.3 Å². The van der Waals surface area contributed by atoms with Gasteiger partial charge in [-0.1, -0.05) is 0 Å². The summed E-state index contributed by atoms with van der Waals surface area (Å²) in [5.74, 6) is 0. The minimum absolute atomic E-state index is 0.511. The molecule has 4 atom stereocenters. The predicted molar refractivity (Wildman–Crippen MR) is 62.2 cm³/mol. The van der Waals surface area contributed by atoms with Gasteiger partial charge in [-0.25, -0.2) is 9.18 Å². The molecule has 6 nitrogen and oxygen atoms in total. The Bertz CT molecular complexity index is 483. The molecule has 1 fully saturated rings. The van der Waals surface area contributed by atoms with Crippen molar-refractivity contribution in [2.75, 3.05) is 12.9 Å². The Labute approximate surface area is 106 Å². The lowest BCUT2D eigenvalue weighted by Crippen LogP contribution is -2.33. The average molecular weight is 276 g/mol. The van der Waals surface area contributed by atoms with E-state index in [2.05, 4.69) is 4.98 Å². The number of thioether (sulfide) groups is 1. The minimum atomic E-state index is -1.78. The molecule has 0 aromatic carbocycles. The van der Waals surface area contributed by atoms with Gasteiger partial charge < -0.3 is 14.9 Å². The Morgan fingerprint density at radius 2 is 2.39 bits per heavy atom. The van der Waals surface area contributed by atoms with Crippen LogP contribution in [0.3, 0.4) is 0 Å². The van der Waals surface area contributed by atoms with Crippen LogP contribution in [0.5, 0.6) is 0 Å². The zero-order valence-corrected chi connectivity index (χ0v) is 10.4. The second kappa shape index (κ2) is 5.35. The maximum atomic E-state index is 13.8. The summed E-state index contributed by atoms with van der Waals surface area (Å²) in [4.78, 5) is 15.4. The van der Waals surface area contributed by atoms with Gasteiger partial charge >= 0.3 is 5.69 Å².